The van der Waals surface area contributed by atoms with Gasteiger partial charge in [0.25, 0.3) is 0 Å². The Bertz CT molecular complexity index is 598. The maximum atomic E-state index is 12.5. The first-order valence-electron chi connectivity index (χ1n) is 8.27. The number of carbonyl (C=O) groups is 1. The van der Waals surface area contributed by atoms with Gasteiger partial charge in [0.15, 0.2) is 0 Å². The fourth-order valence-corrected chi connectivity index (χ4v) is 3.06. The highest BCUT2D eigenvalue weighted by Gasteiger charge is 2.26. The quantitative estimate of drug-likeness (QED) is 0.824. The summed E-state index contributed by atoms with van der Waals surface area (Å²) >= 11 is 0. The lowest BCUT2D eigenvalue weighted by Gasteiger charge is -2.35. The van der Waals surface area contributed by atoms with E-state index in [4.69, 9.17) is 4.74 Å². The third-order valence-electron chi connectivity index (χ3n) is 4.23. The summed E-state index contributed by atoms with van der Waals surface area (Å²) in [5.41, 5.74) is 0. The van der Waals surface area contributed by atoms with Crippen molar-refractivity contribution in [3.05, 3.63) is 48.8 Å². The molecule has 1 saturated heterocycles. The number of aromatic nitrogens is 2. The van der Waals surface area contributed by atoms with Gasteiger partial charge < -0.3 is 9.64 Å². The molecule has 5 heteroatoms. The molecule has 1 amide bonds. The number of ether oxygens (including phenoxy) is 1. The van der Waals surface area contributed by atoms with Crippen LogP contribution in [-0.4, -0.2) is 39.8 Å². The number of likely N-dealkylation sites (tertiary alicyclic amines) is 1. The first-order chi connectivity index (χ1) is 11.3. The van der Waals surface area contributed by atoms with E-state index in [1.165, 1.54) is 6.42 Å². The second-order valence-corrected chi connectivity index (χ2v) is 5.88. The molecule has 1 aromatic heterocycles. The van der Waals surface area contributed by atoms with Crippen LogP contribution in [0.4, 0.5) is 0 Å². The molecule has 0 bridgehead atoms. The van der Waals surface area contributed by atoms with Gasteiger partial charge in [0.05, 0.1) is 25.6 Å². The molecular formula is C18H23N3O2. The van der Waals surface area contributed by atoms with Crippen molar-refractivity contribution >= 4 is 5.91 Å². The topological polar surface area (TPSA) is 47.4 Å². The van der Waals surface area contributed by atoms with Crippen molar-refractivity contribution in [2.75, 3.05) is 13.2 Å². The summed E-state index contributed by atoms with van der Waals surface area (Å²) in [7, 11) is 0. The first kappa shape index (κ1) is 15.6. The summed E-state index contributed by atoms with van der Waals surface area (Å²) in [5.74, 6) is 0.991. The Hall–Kier alpha value is -2.30. The maximum absolute atomic E-state index is 12.5. The Morgan fingerprint density at radius 1 is 1.22 bits per heavy atom. The minimum atomic E-state index is 0.179. The zero-order valence-electron chi connectivity index (χ0n) is 13.3. The zero-order chi connectivity index (χ0) is 15.9. The molecule has 2 heterocycles. The van der Waals surface area contributed by atoms with Crippen LogP contribution in [0.1, 0.15) is 25.7 Å². The number of amides is 1. The van der Waals surface area contributed by atoms with Gasteiger partial charge in [0, 0.05) is 18.9 Å². The van der Waals surface area contributed by atoms with Crippen molar-refractivity contribution < 1.29 is 9.53 Å². The monoisotopic (exact) mass is 313 g/mol. The number of benzene rings is 1. The molecule has 1 aliphatic heterocycles. The summed E-state index contributed by atoms with van der Waals surface area (Å²) in [6, 6.07) is 11.8. The van der Waals surface area contributed by atoms with Crippen LogP contribution in [-0.2, 0) is 11.3 Å². The van der Waals surface area contributed by atoms with Crippen LogP contribution < -0.4 is 4.74 Å². The zero-order valence-corrected chi connectivity index (χ0v) is 13.3. The van der Waals surface area contributed by atoms with Crippen LogP contribution in [0.2, 0.25) is 0 Å². The Kier molecular flexibility index (Phi) is 5.29. The fraction of sp³-hybridized carbons (Fsp3) is 0.444. The van der Waals surface area contributed by atoms with Crippen molar-refractivity contribution in [1.29, 1.82) is 0 Å². The molecule has 0 saturated carbocycles. The SMILES string of the molecule is O=C(CCOc1ccccc1)N1CCCCC1Cn1cccn1. The van der Waals surface area contributed by atoms with Crippen LogP contribution >= 0.6 is 0 Å². The Morgan fingerprint density at radius 3 is 2.87 bits per heavy atom. The molecule has 1 fully saturated rings. The van der Waals surface area contributed by atoms with Gasteiger partial charge in [-0.05, 0) is 37.5 Å². The van der Waals surface area contributed by atoms with Crippen molar-refractivity contribution in [1.82, 2.24) is 14.7 Å². The van der Waals surface area contributed by atoms with Crippen molar-refractivity contribution in [3.63, 3.8) is 0 Å². The molecule has 1 unspecified atom stereocenters. The van der Waals surface area contributed by atoms with Crippen molar-refractivity contribution in [2.24, 2.45) is 0 Å². The first-order valence-corrected chi connectivity index (χ1v) is 8.27. The van der Waals surface area contributed by atoms with Crippen molar-refractivity contribution in [3.8, 4) is 5.75 Å². The average molecular weight is 313 g/mol. The number of rotatable bonds is 6. The summed E-state index contributed by atoms with van der Waals surface area (Å²) in [4.78, 5) is 14.6. The molecule has 0 radical (unpaired) electrons. The molecule has 0 spiro atoms. The fourth-order valence-electron chi connectivity index (χ4n) is 3.06. The predicted octanol–water partition coefficient (Wildman–Crippen LogP) is 2.73. The van der Waals surface area contributed by atoms with E-state index in [0.29, 0.717) is 13.0 Å². The second-order valence-electron chi connectivity index (χ2n) is 5.88. The highest BCUT2D eigenvalue weighted by Crippen LogP contribution is 2.19. The van der Waals surface area contributed by atoms with E-state index in [-0.39, 0.29) is 11.9 Å². The number of nitrogens with zero attached hydrogens (tertiary/aromatic N) is 3. The van der Waals surface area contributed by atoms with Gasteiger partial charge in [-0.15, -0.1) is 0 Å². The minimum absolute atomic E-state index is 0.179. The third kappa shape index (κ3) is 4.34. The molecule has 5 nitrogen and oxygen atoms in total. The highest BCUT2D eigenvalue weighted by atomic mass is 16.5. The summed E-state index contributed by atoms with van der Waals surface area (Å²) in [6.07, 6.45) is 7.46. The third-order valence-corrected chi connectivity index (χ3v) is 4.23. The second kappa shape index (κ2) is 7.81. The molecule has 3 rings (SSSR count). The Morgan fingerprint density at radius 2 is 2.09 bits per heavy atom. The van der Waals surface area contributed by atoms with E-state index in [0.717, 1.165) is 31.7 Å². The van der Waals surface area contributed by atoms with Gasteiger partial charge in [-0.2, -0.15) is 5.10 Å². The molecule has 1 atom stereocenters. The summed E-state index contributed by atoms with van der Waals surface area (Å²) < 4.78 is 7.56. The maximum Gasteiger partial charge on any atom is 0.226 e. The molecule has 23 heavy (non-hydrogen) atoms. The lowest BCUT2D eigenvalue weighted by Crippen LogP contribution is -2.46. The molecule has 0 aliphatic carbocycles. The molecule has 122 valence electrons. The number of carbonyl (C=O) groups excluding carboxylic acids is 1. The Balaban J connectivity index is 1.51. The van der Waals surface area contributed by atoms with Crippen LogP contribution in [0.3, 0.4) is 0 Å². The minimum Gasteiger partial charge on any atom is -0.493 e. The van der Waals surface area contributed by atoms with Crippen molar-refractivity contribution in [2.45, 2.75) is 38.3 Å². The van der Waals surface area contributed by atoms with Crippen LogP contribution in [0.25, 0.3) is 0 Å². The largest absolute Gasteiger partial charge is 0.493 e. The van der Waals surface area contributed by atoms with E-state index >= 15 is 0 Å². The van der Waals surface area contributed by atoms with E-state index in [1.54, 1.807) is 6.20 Å². The molecule has 0 N–H and O–H groups in total. The summed E-state index contributed by atoms with van der Waals surface area (Å²) in [6.45, 7) is 2.04. The smallest absolute Gasteiger partial charge is 0.226 e. The van der Waals surface area contributed by atoms with Crippen LogP contribution in [0, 0.1) is 0 Å². The Labute approximate surface area is 136 Å². The van der Waals surface area contributed by atoms with Gasteiger partial charge in [-0.1, -0.05) is 18.2 Å². The highest BCUT2D eigenvalue weighted by molar-refractivity contribution is 5.76. The molecule has 1 aliphatic rings. The number of piperidine rings is 1. The molecule has 2 aromatic rings. The van der Waals surface area contributed by atoms with Crippen LogP contribution in [0.15, 0.2) is 48.8 Å². The van der Waals surface area contributed by atoms with E-state index in [2.05, 4.69) is 5.10 Å². The molecular weight excluding hydrogens is 290 g/mol. The number of hydrogen-bond donors (Lipinski definition) is 0. The van der Waals surface area contributed by atoms with Gasteiger partial charge >= 0.3 is 0 Å². The summed E-state index contributed by atoms with van der Waals surface area (Å²) in [5, 5.41) is 4.26. The number of para-hydroxylation sites is 1. The standard InChI is InChI=1S/C18H23N3O2/c22-18(10-14-23-17-8-2-1-3-9-17)21-13-5-4-7-16(21)15-20-12-6-11-19-20/h1-3,6,8-9,11-12,16H,4-5,7,10,13-15H2. The lowest BCUT2D eigenvalue weighted by atomic mass is 10.0. The predicted molar refractivity (Wildman–Crippen MR) is 88.1 cm³/mol. The van der Waals surface area contributed by atoms with Gasteiger partial charge in [0.2, 0.25) is 5.91 Å². The molecule has 1 aromatic carbocycles. The number of hydrogen-bond acceptors (Lipinski definition) is 3. The van der Waals surface area contributed by atoms with Gasteiger partial charge in [-0.25, -0.2) is 0 Å². The van der Waals surface area contributed by atoms with Gasteiger partial charge in [-0.3, -0.25) is 9.48 Å². The average Bonchev–Trinajstić information content (AvgIpc) is 3.09. The van der Waals surface area contributed by atoms with E-state index in [9.17, 15) is 4.79 Å². The van der Waals surface area contributed by atoms with Crippen LogP contribution in [0.5, 0.6) is 5.75 Å². The van der Waals surface area contributed by atoms with E-state index < -0.39 is 0 Å². The normalized spacial score (nSPS) is 17.9. The van der Waals surface area contributed by atoms with E-state index in [1.807, 2.05) is 52.2 Å². The lowest BCUT2D eigenvalue weighted by molar-refractivity contribution is -0.135. The van der Waals surface area contributed by atoms with Gasteiger partial charge in [0.1, 0.15) is 5.75 Å².